The molecule has 4 rings (SSSR count). The van der Waals surface area contributed by atoms with Crippen LogP contribution >= 0.6 is 12.2 Å². The normalized spacial score (nSPS) is 14.5. The van der Waals surface area contributed by atoms with E-state index in [2.05, 4.69) is 16.2 Å². The average molecular weight is 533 g/mol. The molecule has 1 heterocycles. The van der Waals surface area contributed by atoms with Crippen molar-refractivity contribution in [2.45, 2.75) is 13.0 Å². The SMILES string of the molecule is O=C(NC(=S)NNC(=O)C1CC(=O)N(Cc2ccccc2)C1)c1ccc(OCCOc2ccccc2)cc1. The highest BCUT2D eigenvalue weighted by Gasteiger charge is 2.34. The van der Waals surface area contributed by atoms with Gasteiger partial charge in [-0.25, -0.2) is 0 Å². The molecular weight excluding hydrogens is 504 g/mol. The number of para-hydroxylation sites is 1. The summed E-state index contributed by atoms with van der Waals surface area (Å²) in [4.78, 5) is 39.0. The number of hydrogen-bond acceptors (Lipinski definition) is 6. The number of hydrogen-bond donors (Lipinski definition) is 3. The standard InChI is InChI=1S/C28H28N4O5S/c33-25-17-22(19-32(25)18-20-7-3-1-4-8-20)27(35)30-31-28(38)29-26(34)21-11-13-24(14-12-21)37-16-15-36-23-9-5-2-6-10-23/h1-14,22H,15-19H2,(H,30,35)(H2,29,31,34,38). The maximum atomic E-state index is 12.5. The molecule has 38 heavy (non-hydrogen) atoms. The average Bonchev–Trinajstić information content (AvgIpc) is 3.31. The topological polar surface area (TPSA) is 109 Å². The zero-order chi connectivity index (χ0) is 26.7. The van der Waals surface area contributed by atoms with Gasteiger partial charge in [-0.15, -0.1) is 0 Å². The third kappa shape index (κ3) is 7.78. The van der Waals surface area contributed by atoms with Crippen molar-refractivity contribution < 1.29 is 23.9 Å². The van der Waals surface area contributed by atoms with Crippen LogP contribution in [0.15, 0.2) is 84.9 Å². The minimum Gasteiger partial charge on any atom is -0.490 e. The molecule has 3 aromatic rings. The summed E-state index contributed by atoms with van der Waals surface area (Å²) in [6.07, 6.45) is 0.117. The summed E-state index contributed by atoms with van der Waals surface area (Å²) in [5.41, 5.74) is 6.38. The summed E-state index contributed by atoms with van der Waals surface area (Å²) in [5.74, 6) is -0.0443. The van der Waals surface area contributed by atoms with Crippen LogP contribution in [0.5, 0.6) is 11.5 Å². The summed E-state index contributed by atoms with van der Waals surface area (Å²) in [6, 6.07) is 25.6. The van der Waals surface area contributed by atoms with Crippen molar-refractivity contribution in [3.05, 3.63) is 96.1 Å². The van der Waals surface area contributed by atoms with Crippen LogP contribution in [0.4, 0.5) is 0 Å². The van der Waals surface area contributed by atoms with E-state index in [9.17, 15) is 14.4 Å². The predicted molar refractivity (Wildman–Crippen MR) is 145 cm³/mol. The van der Waals surface area contributed by atoms with E-state index in [1.807, 2.05) is 60.7 Å². The van der Waals surface area contributed by atoms with Gasteiger partial charge in [0, 0.05) is 25.1 Å². The number of thiocarbonyl (C=S) groups is 1. The summed E-state index contributed by atoms with van der Waals surface area (Å²) < 4.78 is 11.2. The van der Waals surface area contributed by atoms with Crippen LogP contribution in [-0.2, 0) is 16.1 Å². The van der Waals surface area contributed by atoms with Crippen LogP contribution in [0.25, 0.3) is 0 Å². The molecule has 0 saturated carbocycles. The molecule has 1 aliphatic rings. The predicted octanol–water partition coefficient (Wildman–Crippen LogP) is 2.83. The lowest BCUT2D eigenvalue weighted by Crippen LogP contribution is -2.50. The Kier molecular flexibility index (Phi) is 9.25. The molecule has 0 aromatic heterocycles. The monoisotopic (exact) mass is 532 g/mol. The molecule has 1 aliphatic heterocycles. The van der Waals surface area contributed by atoms with Gasteiger partial charge in [0.1, 0.15) is 24.7 Å². The first-order chi connectivity index (χ1) is 18.5. The zero-order valence-electron chi connectivity index (χ0n) is 20.6. The molecular formula is C28H28N4O5S. The van der Waals surface area contributed by atoms with Crippen molar-refractivity contribution in [3.63, 3.8) is 0 Å². The minimum absolute atomic E-state index is 0.0628. The molecule has 1 unspecified atom stereocenters. The molecule has 3 N–H and O–H groups in total. The second-order valence-corrected chi connectivity index (χ2v) is 9.00. The largest absolute Gasteiger partial charge is 0.490 e. The van der Waals surface area contributed by atoms with Gasteiger partial charge in [-0.2, -0.15) is 0 Å². The number of rotatable bonds is 9. The summed E-state index contributed by atoms with van der Waals surface area (Å²) >= 11 is 5.12. The molecule has 0 radical (unpaired) electrons. The first-order valence-electron chi connectivity index (χ1n) is 12.1. The molecule has 1 atom stereocenters. The molecule has 0 bridgehead atoms. The number of benzene rings is 3. The molecule has 3 amide bonds. The number of nitrogens with one attached hydrogen (secondary N) is 3. The van der Waals surface area contributed by atoms with Gasteiger partial charge in [-0.3, -0.25) is 30.6 Å². The number of amides is 3. The van der Waals surface area contributed by atoms with Gasteiger partial charge in [0.05, 0.1) is 5.92 Å². The smallest absolute Gasteiger partial charge is 0.257 e. The van der Waals surface area contributed by atoms with Gasteiger partial charge in [-0.05, 0) is 54.2 Å². The van der Waals surface area contributed by atoms with Crippen LogP contribution in [0.2, 0.25) is 0 Å². The van der Waals surface area contributed by atoms with Gasteiger partial charge in [0.25, 0.3) is 5.91 Å². The maximum Gasteiger partial charge on any atom is 0.257 e. The molecule has 10 heteroatoms. The Bertz CT molecular complexity index is 1260. The quantitative estimate of drug-likeness (QED) is 0.221. The van der Waals surface area contributed by atoms with Crippen LogP contribution in [0, 0.1) is 5.92 Å². The summed E-state index contributed by atoms with van der Waals surface area (Å²) in [7, 11) is 0. The van der Waals surface area contributed by atoms with E-state index in [1.165, 1.54) is 0 Å². The van der Waals surface area contributed by atoms with E-state index in [0.29, 0.717) is 37.6 Å². The first kappa shape index (κ1) is 26.6. The van der Waals surface area contributed by atoms with Crippen LogP contribution < -0.4 is 25.6 Å². The fourth-order valence-electron chi connectivity index (χ4n) is 3.87. The Hall–Kier alpha value is -4.44. The second kappa shape index (κ2) is 13.2. The number of carbonyl (C=O) groups is 3. The lowest BCUT2D eigenvalue weighted by Gasteiger charge is -2.17. The number of hydrazine groups is 1. The fourth-order valence-corrected chi connectivity index (χ4v) is 4.01. The van der Waals surface area contributed by atoms with Gasteiger partial charge >= 0.3 is 0 Å². The third-order valence-corrected chi connectivity index (χ3v) is 6.01. The van der Waals surface area contributed by atoms with E-state index in [0.717, 1.165) is 11.3 Å². The van der Waals surface area contributed by atoms with Crippen LogP contribution in [0.3, 0.4) is 0 Å². The Morgan fingerprint density at radius 3 is 2.11 bits per heavy atom. The van der Waals surface area contributed by atoms with E-state index in [1.54, 1.807) is 29.2 Å². The lowest BCUT2D eigenvalue weighted by atomic mass is 10.1. The maximum absolute atomic E-state index is 12.5. The van der Waals surface area contributed by atoms with Crippen LogP contribution in [0.1, 0.15) is 22.3 Å². The fraction of sp³-hybridized carbons (Fsp3) is 0.214. The highest BCUT2D eigenvalue weighted by Crippen LogP contribution is 2.20. The van der Waals surface area contributed by atoms with Crippen molar-refractivity contribution in [1.29, 1.82) is 0 Å². The number of ether oxygens (including phenoxy) is 2. The molecule has 196 valence electrons. The lowest BCUT2D eigenvalue weighted by molar-refractivity contribution is -0.129. The number of carbonyl (C=O) groups excluding carboxylic acids is 3. The molecule has 0 aliphatic carbocycles. The van der Waals surface area contributed by atoms with Crippen molar-refractivity contribution >= 4 is 35.1 Å². The van der Waals surface area contributed by atoms with Crippen molar-refractivity contribution in [2.75, 3.05) is 19.8 Å². The van der Waals surface area contributed by atoms with E-state index >= 15 is 0 Å². The van der Waals surface area contributed by atoms with E-state index < -0.39 is 11.8 Å². The number of nitrogens with zero attached hydrogens (tertiary/aromatic N) is 1. The zero-order valence-corrected chi connectivity index (χ0v) is 21.4. The van der Waals surface area contributed by atoms with E-state index in [4.69, 9.17) is 21.7 Å². The minimum atomic E-state index is -0.511. The van der Waals surface area contributed by atoms with Gasteiger partial charge in [0.2, 0.25) is 11.8 Å². The first-order valence-corrected chi connectivity index (χ1v) is 12.5. The highest BCUT2D eigenvalue weighted by molar-refractivity contribution is 7.80. The van der Waals surface area contributed by atoms with E-state index in [-0.39, 0.29) is 23.3 Å². The second-order valence-electron chi connectivity index (χ2n) is 8.59. The van der Waals surface area contributed by atoms with Gasteiger partial charge < -0.3 is 14.4 Å². The molecule has 0 spiro atoms. The summed E-state index contributed by atoms with van der Waals surface area (Å²) in [5, 5.41) is 2.45. The Morgan fingerprint density at radius 2 is 1.45 bits per heavy atom. The van der Waals surface area contributed by atoms with Crippen molar-refractivity contribution in [3.8, 4) is 11.5 Å². The Labute approximate surface area is 226 Å². The van der Waals surface area contributed by atoms with Gasteiger partial charge in [0.15, 0.2) is 5.11 Å². The Balaban J connectivity index is 1.15. The molecule has 3 aromatic carbocycles. The Morgan fingerprint density at radius 1 is 0.842 bits per heavy atom. The highest BCUT2D eigenvalue weighted by atomic mass is 32.1. The third-order valence-electron chi connectivity index (χ3n) is 5.81. The van der Waals surface area contributed by atoms with Gasteiger partial charge in [-0.1, -0.05) is 48.5 Å². The molecule has 9 nitrogen and oxygen atoms in total. The van der Waals surface area contributed by atoms with Crippen LogP contribution in [-0.4, -0.2) is 47.5 Å². The molecule has 1 fully saturated rings. The van der Waals surface area contributed by atoms with Crippen molar-refractivity contribution in [2.24, 2.45) is 5.92 Å². The summed E-state index contributed by atoms with van der Waals surface area (Å²) in [6.45, 7) is 1.51. The molecule has 1 saturated heterocycles. The van der Waals surface area contributed by atoms with Crippen molar-refractivity contribution in [1.82, 2.24) is 21.1 Å². The number of likely N-dealkylation sites (tertiary alicyclic amines) is 1.